The van der Waals surface area contributed by atoms with Crippen LogP contribution in [0.5, 0.6) is 0 Å². The summed E-state index contributed by atoms with van der Waals surface area (Å²) in [6.07, 6.45) is 0. The average molecular weight is 313 g/mol. The lowest BCUT2D eigenvalue weighted by Gasteiger charge is -1.99. The molecule has 0 fully saturated rings. The number of ketones is 1. The van der Waals surface area contributed by atoms with Crippen LogP contribution in [0, 0.1) is 17.1 Å². The smallest absolute Gasteiger partial charge is 0.289 e. The van der Waals surface area contributed by atoms with Crippen LogP contribution in [0.4, 0.5) is 15.9 Å². The number of halogens is 1. The third-order valence-electron chi connectivity index (χ3n) is 3.24. The number of benzene rings is 1. The van der Waals surface area contributed by atoms with Crippen LogP contribution >= 0.6 is 11.3 Å². The second kappa shape index (κ2) is 5.09. The SMILES string of the molecule is N#Cc1cc2c(N)c(C(=O)c3ccc(F)cc3)sc2[nH+]c1N. The molecule has 2 heterocycles. The van der Waals surface area contributed by atoms with Crippen molar-refractivity contribution in [3.63, 3.8) is 0 Å². The zero-order valence-corrected chi connectivity index (χ0v) is 12.0. The monoisotopic (exact) mass is 313 g/mol. The fourth-order valence-corrected chi connectivity index (χ4v) is 3.17. The van der Waals surface area contributed by atoms with E-state index >= 15 is 0 Å². The highest BCUT2D eigenvalue weighted by Crippen LogP contribution is 2.33. The second-order valence-corrected chi connectivity index (χ2v) is 5.65. The van der Waals surface area contributed by atoms with Gasteiger partial charge < -0.3 is 5.73 Å². The Hall–Kier alpha value is -2.98. The van der Waals surface area contributed by atoms with Gasteiger partial charge in [-0.05, 0) is 30.3 Å². The molecule has 5 N–H and O–H groups in total. The van der Waals surface area contributed by atoms with Crippen LogP contribution < -0.4 is 16.5 Å². The number of rotatable bonds is 2. The highest BCUT2D eigenvalue weighted by Gasteiger charge is 2.21. The number of aromatic nitrogens is 1. The van der Waals surface area contributed by atoms with Gasteiger partial charge in [0.2, 0.25) is 5.78 Å². The standard InChI is InChI=1S/C15H9FN4OS/c16-9-3-1-7(2-4-9)12(21)13-11(18)10-5-8(6-17)14(19)20-15(10)22-13/h1-5H,18H2,(H2,19,20)/p+1. The molecule has 0 amide bonds. The molecule has 2 aromatic heterocycles. The number of hydrogen-bond acceptors (Lipinski definition) is 5. The molecule has 3 rings (SSSR count). The van der Waals surface area contributed by atoms with Crippen LogP contribution in [0.1, 0.15) is 20.8 Å². The summed E-state index contributed by atoms with van der Waals surface area (Å²) in [6.45, 7) is 0. The van der Waals surface area contributed by atoms with Crippen molar-refractivity contribution in [2.75, 3.05) is 11.5 Å². The normalized spacial score (nSPS) is 10.5. The van der Waals surface area contributed by atoms with Gasteiger partial charge in [-0.1, -0.05) is 11.3 Å². The van der Waals surface area contributed by atoms with Gasteiger partial charge in [-0.15, -0.1) is 0 Å². The summed E-state index contributed by atoms with van der Waals surface area (Å²) in [5, 5.41) is 9.57. The minimum absolute atomic E-state index is 0.219. The van der Waals surface area contributed by atoms with E-state index in [1.807, 2.05) is 6.07 Å². The van der Waals surface area contributed by atoms with E-state index in [0.29, 0.717) is 20.7 Å². The Balaban J connectivity index is 2.15. The number of nitriles is 1. The van der Waals surface area contributed by atoms with Crippen molar-refractivity contribution in [1.29, 1.82) is 5.26 Å². The Bertz CT molecular complexity index is 941. The van der Waals surface area contributed by atoms with Crippen LogP contribution in [0.3, 0.4) is 0 Å². The average Bonchev–Trinajstić information content (AvgIpc) is 2.82. The Morgan fingerprint density at radius 3 is 2.59 bits per heavy atom. The number of anilines is 2. The van der Waals surface area contributed by atoms with Gasteiger partial charge in [0, 0.05) is 5.56 Å². The molecule has 0 bridgehead atoms. The molecule has 0 saturated carbocycles. The van der Waals surface area contributed by atoms with Crippen molar-refractivity contribution in [2.45, 2.75) is 0 Å². The molecule has 108 valence electrons. The molecular formula is C15H10FN4OS+. The number of aromatic amines is 1. The number of nitrogens with one attached hydrogen (secondary N) is 1. The number of carbonyl (C=O) groups excluding carboxylic acids is 1. The van der Waals surface area contributed by atoms with Crippen molar-refractivity contribution in [3.8, 4) is 6.07 Å². The molecule has 0 atom stereocenters. The van der Waals surface area contributed by atoms with Gasteiger partial charge >= 0.3 is 0 Å². The van der Waals surface area contributed by atoms with Gasteiger partial charge in [0.1, 0.15) is 22.3 Å². The zero-order valence-electron chi connectivity index (χ0n) is 11.2. The van der Waals surface area contributed by atoms with E-state index in [0.717, 1.165) is 11.3 Å². The lowest BCUT2D eigenvalue weighted by Crippen LogP contribution is -2.11. The van der Waals surface area contributed by atoms with Crippen LogP contribution in [-0.2, 0) is 0 Å². The van der Waals surface area contributed by atoms with Crippen LogP contribution in [0.15, 0.2) is 30.3 Å². The predicted octanol–water partition coefficient (Wildman–Crippen LogP) is 2.12. The number of fused-ring (bicyclic) bond motifs is 1. The Morgan fingerprint density at radius 2 is 1.95 bits per heavy atom. The lowest BCUT2D eigenvalue weighted by atomic mass is 10.1. The number of nitrogens with two attached hydrogens (primary N) is 2. The number of H-pyrrole nitrogens is 1. The minimum atomic E-state index is -0.416. The zero-order chi connectivity index (χ0) is 15.9. The maximum absolute atomic E-state index is 12.9. The molecule has 0 aliphatic heterocycles. The fraction of sp³-hybridized carbons (Fsp3) is 0. The van der Waals surface area contributed by atoms with Gasteiger partial charge in [0.25, 0.3) is 5.82 Å². The molecular weight excluding hydrogens is 303 g/mol. The topological polar surface area (TPSA) is 107 Å². The molecule has 7 heteroatoms. The largest absolute Gasteiger partial charge is 0.397 e. The van der Waals surface area contributed by atoms with Crippen molar-refractivity contribution in [1.82, 2.24) is 0 Å². The first-order chi connectivity index (χ1) is 10.5. The van der Waals surface area contributed by atoms with Crippen molar-refractivity contribution in [2.24, 2.45) is 0 Å². The van der Waals surface area contributed by atoms with E-state index in [1.54, 1.807) is 6.07 Å². The minimum Gasteiger partial charge on any atom is -0.397 e. The summed E-state index contributed by atoms with van der Waals surface area (Å²) in [5.41, 5.74) is 12.6. The third-order valence-corrected chi connectivity index (χ3v) is 4.38. The maximum Gasteiger partial charge on any atom is 0.289 e. The molecule has 1 aromatic carbocycles. The number of nitrogen functional groups attached to an aromatic ring is 2. The Morgan fingerprint density at radius 1 is 1.27 bits per heavy atom. The molecule has 0 unspecified atom stereocenters. The first-order valence-corrected chi connectivity index (χ1v) is 7.07. The van der Waals surface area contributed by atoms with E-state index in [9.17, 15) is 9.18 Å². The fourth-order valence-electron chi connectivity index (χ4n) is 2.10. The number of hydrogen-bond donors (Lipinski definition) is 2. The molecule has 0 aliphatic rings. The summed E-state index contributed by atoms with van der Waals surface area (Å²) in [7, 11) is 0. The number of carbonyl (C=O) groups is 1. The Kier molecular flexibility index (Phi) is 3.23. The number of nitrogens with zero attached hydrogens (tertiary/aromatic N) is 1. The maximum atomic E-state index is 12.9. The van der Waals surface area contributed by atoms with Gasteiger partial charge in [-0.3, -0.25) is 10.5 Å². The molecule has 0 aliphatic carbocycles. The van der Waals surface area contributed by atoms with Crippen LogP contribution in [0.25, 0.3) is 10.2 Å². The summed E-state index contributed by atoms with van der Waals surface area (Å²) < 4.78 is 12.9. The number of pyridine rings is 1. The van der Waals surface area contributed by atoms with E-state index < -0.39 is 5.82 Å². The Labute approximate surface area is 128 Å². The van der Waals surface area contributed by atoms with E-state index in [1.165, 1.54) is 24.3 Å². The van der Waals surface area contributed by atoms with Gasteiger partial charge in [0.15, 0.2) is 4.83 Å². The summed E-state index contributed by atoms with van der Waals surface area (Å²) in [6, 6.07) is 8.75. The molecule has 0 saturated heterocycles. The highest BCUT2D eigenvalue weighted by molar-refractivity contribution is 7.21. The molecule has 3 aromatic rings. The molecule has 0 radical (unpaired) electrons. The molecule has 0 spiro atoms. The van der Waals surface area contributed by atoms with Crippen molar-refractivity contribution >= 4 is 38.8 Å². The molecule has 22 heavy (non-hydrogen) atoms. The lowest BCUT2D eigenvalue weighted by molar-refractivity contribution is -0.323. The second-order valence-electron chi connectivity index (χ2n) is 4.63. The van der Waals surface area contributed by atoms with E-state index in [2.05, 4.69) is 4.98 Å². The van der Waals surface area contributed by atoms with E-state index in [4.69, 9.17) is 16.7 Å². The third kappa shape index (κ3) is 2.16. The highest BCUT2D eigenvalue weighted by atomic mass is 32.1. The van der Waals surface area contributed by atoms with Crippen molar-refractivity contribution < 1.29 is 14.2 Å². The van der Waals surface area contributed by atoms with Gasteiger partial charge in [0.05, 0.1) is 11.1 Å². The van der Waals surface area contributed by atoms with Crippen LogP contribution in [-0.4, -0.2) is 5.78 Å². The number of thiophene rings is 1. The first-order valence-electron chi connectivity index (χ1n) is 6.25. The van der Waals surface area contributed by atoms with Gasteiger partial charge in [-0.2, -0.15) is 5.26 Å². The molecule has 5 nitrogen and oxygen atoms in total. The summed E-state index contributed by atoms with van der Waals surface area (Å²) in [5.74, 6) is -0.498. The van der Waals surface area contributed by atoms with Crippen molar-refractivity contribution in [3.05, 3.63) is 52.2 Å². The predicted molar refractivity (Wildman–Crippen MR) is 81.8 cm³/mol. The van der Waals surface area contributed by atoms with E-state index in [-0.39, 0.29) is 22.9 Å². The van der Waals surface area contributed by atoms with Gasteiger partial charge in [-0.25, -0.2) is 9.37 Å². The quantitative estimate of drug-likeness (QED) is 0.706. The first kappa shape index (κ1) is 14.0. The summed E-state index contributed by atoms with van der Waals surface area (Å²) in [4.78, 5) is 16.3. The van der Waals surface area contributed by atoms with Crippen LogP contribution in [0.2, 0.25) is 0 Å². The summed E-state index contributed by atoms with van der Waals surface area (Å²) >= 11 is 1.15.